The fourth-order valence-corrected chi connectivity index (χ4v) is 4.24. The van der Waals surface area contributed by atoms with Crippen molar-refractivity contribution in [1.29, 1.82) is 0 Å². The van der Waals surface area contributed by atoms with E-state index in [4.69, 9.17) is 5.73 Å². The average molecular weight is 249 g/mol. The summed E-state index contributed by atoms with van der Waals surface area (Å²) in [4.78, 5) is 0. The topological polar surface area (TPSA) is 72.2 Å². The van der Waals surface area contributed by atoms with Gasteiger partial charge in [-0.2, -0.15) is 0 Å². The smallest absolute Gasteiger partial charge is 0.156 e. The summed E-state index contributed by atoms with van der Waals surface area (Å²) in [6, 6.07) is -0.139. The van der Waals surface area contributed by atoms with Crippen LogP contribution in [0, 0.1) is 5.92 Å². The minimum Gasteiger partial charge on any atom is -0.326 e. The molecule has 2 heterocycles. The van der Waals surface area contributed by atoms with E-state index < -0.39 is 9.84 Å². The third-order valence-corrected chi connectivity index (χ3v) is 4.93. The molecule has 0 spiro atoms. The molecule has 2 aliphatic rings. The molecule has 3 N–H and O–H groups in total. The minimum atomic E-state index is -2.86. The van der Waals surface area contributed by atoms with Gasteiger partial charge in [0.05, 0.1) is 11.0 Å². The Morgan fingerprint density at radius 3 is 2.38 bits per heavy atom. The van der Waals surface area contributed by atoms with E-state index in [1.165, 1.54) is 0 Å². The molecule has 3 atom stereocenters. The monoisotopic (exact) mass is 248 g/mol. The number of nitrogens with two attached hydrogens (primary N) is 1. The summed E-state index contributed by atoms with van der Waals surface area (Å²) in [7, 11) is -2.86. The first-order valence-corrected chi connectivity index (χ1v) is 5.50. The van der Waals surface area contributed by atoms with Crippen LogP contribution >= 0.6 is 24.8 Å². The molecular formula is C6H14Cl2N2O2S. The third-order valence-electron chi connectivity index (χ3n) is 2.64. The van der Waals surface area contributed by atoms with Gasteiger partial charge in [0, 0.05) is 25.0 Å². The quantitative estimate of drug-likeness (QED) is 0.588. The maximum Gasteiger partial charge on any atom is 0.156 e. The Labute approximate surface area is 90.4 Å². The van der Waals surface area contributed by atoms with Gasteiger partial charge in [-0.05, 0) is 0 Å². The van der Waals surface area contributed by atoms with Gasteiger partial charge in [0.15, 0.2) is 9.84 Å². The van der Waals surface area contributed by atoms with Gasteiger partial charge in [0.25, 0.3) is 0 Å². The molecule has 0 aromatic heterocycles. The highest BCUT2D eigenvalue weighted by Gasteiger charge is 2.47. The molecule has 0 saturated carbocycles. The molecule has 0 amide bonds. The summed E-state index contributed by atoms with van der Waals surface area (Å²) in [5, 5.41) is 2.85. The number of hydrogen-bond donors (Lipinski definition) is 2. The summed E-state index contributed by atoms with van der Waals surface area (Å²) in [5.74, 6) is 0.351. The van der Waals surface area contributed by atoms with Crippen LogP contribution in [0.25, 0.3) is 0 Å². The van der Waals surface area contributed by atoms with Crippen LogP contribution in [-0.2, 0) is 9.84 Å². The average Bonchev–Trinajstić information content (AvgIpc) is 2.37. The van der Waals surface area contributed by atoms with E-state index in [0.29, 0.717) is 6.54 Å². The Hall–Kier alpha value is 0.450. The summed E-state index contributed by atoms with van der Waals surface area (Å²) < 4.78 is 22.7. The van der Waals surface area contributed by atoms with E-state index >= 15 is 0 Å². The molecule has 13 heavy (non-hydrogen) atoms. The Kier molecular flexibility index (Phi) is 4.46. The minimum absolute atomic E-state index is 0. The van der Waals surface area contributed by atoms with Gasteiger partial charge < -0.3 is 11.1 Å². The molecule has 0 aliphatic carbocycles. The van der Waals surface area contributed by atoms with Gasteiger partial charge in [-0.15, -0.1) is 24.8 Å². The van der Waals surface area contributed by atoms with Crippen molar-refractivity contribution in [1.82, 2.24) is 5.32 Å². The fraction of sp³-hybridized carbons (Fsp3) is 1.00. The predicted molar refractivity (Wildman–Crippen MR) is 56.4 cm³/mol. The van der Waals surface area contributed by atoms with Gasteiger partial charge in [0.2, 0.25) is 0 Å². The first kappa shape index (κ1) is 13.4. The van der Waals surface area contributed by atoms with Crippen LogP contribution in [0.4, 0.5) is 0 Å². The summed E-state index contributed by atoms with van der Waals surface area (Å²) in [6.07, 6.45) is 0. The number of hydrogen-bond acceptors (Lipinski definition) is 4. The zero-order valence-electron chi connectivity index (χ0n) is 6.97. The Bertz CT molecular complexity index is 270. The SMILES string of the molecule is Cl.Cl.N[C@H]1CS(=O)(=O)[C@@H]2CNC[C@@H]21. The second kappa shape index (κ2) is 4.31. The lowest BCUT2D eigenvalue weighted by atomic mass is 10.0. The van der Waals surface area contributed by atoms with Gasteiger partial charge in [-0.1, -0.05) is 0 Å². The van der Waals surface area contributed by atoms with Crippen LogP contribution in [0.5, 0.6) is 0 Å². The van der Waals surface area contributed by atoms with Crippen molar-refractivity contribution in [3.63, 3.8) is 0 Å². The normalized spacial score (nSPS) is 40.2. The van der Waals surface area contributed by atoms with Crippen molar-refractivity contribution in [2.45, 2.75) is 11.3 Å². The molecule has 0 bridgehead atoms. The van der Waals surface area contributed by atoms with Crippen LogP contribution in [-0.4, -0.2) is 38.6 Å². The summed E-state index contributed by atoms with van der Waals surface area (Å²) in [5.41, 5.74) is 5.68. The van der Waals surface area contributed by atoms with Crippen LogP contribution < -0.4 is 11.1 Å². The van der Waals surface area contributed by atoms with Crippen molar-refractivity contribution in [3.8, 4) is 0 Å². The van der Waals surface area contributed by atoms with E-state index in [-0.39, 0.29) is 47.8 Å². The van der Waals surface area contributed by atoms with Crippen LogP contribution in [0.2, 0.25) is 0 Å². The second-order valence-corrected chi connectivity index (χ2v) is 5.62. The van der Waals surface area contributed by atoms with Crippen molar-refractivity contribution in [2.24, 2.45) is 11.7 Å². The van der Waals surface area contributed by atoms with Crippen LogP contribution in [0.15, 0.2) is 0 Å². The summed E-state index contributed by atoms with van der Waals surface area (Å²) in [6.45, 7) is 1.37. The zero-order chi connectivity index (χ0) is 8.06. The van der Waals surface area contributed by atoms with Gasteiger partial charge >= 0.3 is 0 Å². The lowest BCUT2D eigenvalue weighted by molar-refractivity contribution is 0.518. The largest absolute Gasteiger partial charge is 0.326 e. The summed E-state index contributed by atoms with van der Waals surface area (Å²) >= 11 is 0. The number of nitrogens with one attached hydrogen (secondary N) is 1. The molecule has 2 rings (SSSR count). The first-order valence-electron chi connectivity index (χ1n) is 3.79. The molecule has 0 aromatic rings. The number of sulfone groups is 1. The van der Waals surface area contributed by atoms with E-state index in [2.05, 4.69) is 5.32 Å². The molecule has 4 nitrogen and oxygen atoms in total. The lowest BCUT2D eigenvalue weighted by Crippen LogP contribution is -2.31. The number of halogens is 2. The second-order valence-electron chi connectivity index (χ2n) is 3.35. The first-order chi connectivity index (χ1) is 5.11. The highest BCUT2D eigenvalue weighted by Crippen LogP contribution is 2.28. The molecule has 0 aromatic carbocycles. The van der Waals surface area contributed by atoms with Crippen molar-refractivity contribution in [3.05, 3.63) is 0 Å². The standard InChI is InChI=1S/C6H12N2O2S.2ClH/c7-5-3-11(9,10)6-2-8-1-4(5)6;;/h4-6,8H,1-3,7H2;2*1H/t4-,5+,6-;;/m1../s1. The molecule has 0 unspecified atom stereocenters. The molecule has 0 radical (unpaired) electrons. The van der Waals surface area contributed by atoms with E-state index in [0.717, 1.165) is 6.54 Å². The zero-order valence-corrected chi connectivity index (χ0v) is 9.42. The maximum absolute atomic E-state index is 11.3. The highest BCUT2D eigenvalue weighted by molar-refractivity contribution is 7.92. The third kappa shape index (κ3) is 2.10. The Balaban J connectivity index is 0.000000720. The van der Waals surface area contributed by atoms with Crippen molar-refractivity contribution >= 4 is 34.7 Å². The van der Waals surface area contributed by atoms with Gasteiger partial charge in [0.1, 0.15) is 0 Å². The van der Waals surface area contributed by atoms with Gasteiger partial charge in [-0.25, -0.2) is 8.42 Å². The fourth-order valence-electron chi connectivity index (χ4n) is 2.01. The van der Waals surface area contributed by atoms with E-state index in [1.54, 1.807) is 0 Å². The number of rotatable bonds is 0. The Morgan fingerprint density at radius 1 is 1.23 bits per heavy atom. The van der Waals surface area contributed by atoms with Crippen molar-refractivity contribution in [2.75, 3.05) is 18.8 Å². The molecule has 2 aliphatic heterocycles. The predicted octanol–water partition coefficient (Wildman–Crippen LogP) is -0.826. The molecule has 2 fully saturated rings. The number of fused-ring (bicyclic) bond motifs is 1. The lowest BCUT2D eigenvalue weighted by Gasteiger charge is -2.08. The van der Waals surface area contributed by atoms with E-state index in [9.17, 15) is 8.42 Å². The Morgan fingerprint density at radius 2 is 1.85 bits per heavy atom. The molecule has 2 saturated heterocycles. The van der Waals surface area contributed by atoms with Gasteiger partial charge in [-0.3, -0.25) is 0 Å². The van der Waals surface area contributed by atoms with Crippen LogP contribution in [0.3, 0.4) is 0 Å². The van der Waals surface area contributed by atoms with Crippen molar-refractivity contribution < 1.29 is 8.42 Å². The van der Waals surface area contributed by atoms with Crippen LogP contribution in [0.1, 0.15) is 0 Å². The maximum atomic E-state index is 11.3. The van der Waals surface area contributed by atoms with E-state index in [1.807, 2.05) is 0 Å². The molecule has 7 heteroatoms. The molecule has 80 valence electrons. The highest BCUT2D eigenvalue weighted by atomic mass is 35.5. The molecular weight excluding hydrogens is 235 g/mol.